The fraction of sp³-hybridized carbons (Fsp3) is 0.941. The van der Waals surface area contributed by atoms with E-state index in [9.17, 15) is 4.79 Å². The van der Waals surface area contributed by atoms with Crippen LogP contribution in [0.3, 0.4) is 0 Å². The van der Waals surface area contributed by atoms with Crippen LogP contribution >= 0.6 is 0 Å². The van der Waals surface area contributed by atoms with E-state index in [0.29, 0.717) is 12.1 Å². The van der Waals surface area contributed by atoms with Crippen molar-refractivity contribution in [1.82, 2.24) is 10.6 Å². The molecule has 1 fully saturated rings. The molecule has 0 atom stereocenters. The van der Waals surface area contributed by atoms with E-state index in [0.717, 1.165) is 32.4 Å². The lowest BCUT2D eigenvalue weighted by Crippen LogP contribution is -2.43. The number of methoxy groups -OCH3 is 1. The predicted octanol–water partition coefficient (Wildman–Crippen LogP) is 3.11. The number of nitrogens with one attached hydrogen (secondary N) is 2. The lowest BCUT2D eigenvalue weighted by atomic mass is 9.90. The standard InChI is InChI=1S/C15H30N2O2.C2H6/c1-12(2)15(18)17-14-8-6-13(7-9-14)16-10-4-5-11-19-3;1-2/h12-14,16H,4-11H2,1-3H3,(H,17,18);1-2H3. The van der Waals surface area contributed by atoms with E-state index in [4.69, 9.17) is 4.74 Å². The quantitative estimate of drug-likeness (QED) is 0.677. The van der Waals surface area contributed by atoms with E-state index in [-0.39, 0.29) is 11.8 Å². The van der Waals surface area contributed by atoms with Crippen molar-refractivity contribution in [3.8, 4) is 0 Å². The second-order valence-corrected chi connectivity index (χ2v) is 5.87. The van der Waals surface area contributed by atoms with Gasteiger partial charge in [-0.15, -0.1) is 0 Å². The molecule has 21 heavy (non-hydrogen) atoms. The summed E-state index contributed by atoms with van der Waals surface area (Å²) in [5.41, 5.74) is 0. The van der Waals surface area contributed by atoms with Gasteiger partial charge in [0.05, 0.1) is 0 Å². The molecule has 0 aliphatic heterocycles. The average Bonchev–Trinajstić information content (AvgIpc) is 2.50. The van der Waals surface area contributed by atoms with E-state index in [2.05, 4.69) is 10.6 Å². The van der Waals surface area contributed by atoms with Crippen molar-refractivity contribution in [1.29, 1.82) is 0 Å². The molecule has 1 amide bonds. The normalized spacial score (nSPS) is 21.6. The van der Waals surface area contributed by atoms with E-state index < -0.39 is 0 Å². The monoisotopic (exact) mass is 300 g/mol. The molecular formula is C17H36N2O2. The highest BCUT2D eigenvalue weighted by molar-refractivity contribution is 5.78. The molecular weight excluding hydrogens is 264 g/mol. The molecule has 1 aliphatic rings. The molecule has 2 N–H and O–H groups in total. The van der Waals surface area contributed by atoms with Crippen molar-refractivity contribution in [2.45, 2.75) is 78.3 Å². The summed E-state index contributed by atoms with van der Waals surface area (Å²) in [5, 5.41) is 6.75. The number of amides is 1. The Hall–Kier alpha value is -0.610. The van der Waals surface area contributed by atoms with Crippen molar-refractivity contribution in [3.63, 3.8) is 0 Å². The molecule has 4 heteroatoms. The van der Waals surface area contributed by atoms with Crippen LogP contribution in [0, 0.1) is 5.92 Å². The molecule has 0 heterocycles. The average molecular weight is 300 g/mol. The van der Waals surface area contributed by atoms with Crippen LogP contribution in [0.4, 0.5) is 0 Å². The zero-order valence-electron chi connectivity index (χ0n) is 14.7. The lowest BCUT2D eigenvalue weighted by molar-refractivity contribution is -0.124. The largest absolute Gasteiger partial charge is 0.385 e. The topological polar surface area (TPSA) is 50.4 Å². The summed E-state index contributed by atoms with van der Waals surface area (Å²) in [6, 6.07) is 1.02. The number of carbonyl (C=O) groups excluding carboxylic acids is 1. The molecule has 0 aromatic rings. The molecule has 1 aliphatic carbocycles. The molecule has 0 radical (unpaired) electrons. The number of unbranched alkanes of at least 4 members (excludes halogenated alkanes) is 1. The fourth-order valence-electron chi connectivity index (χ4n) is 2.49. The minimum Gasteiger partial charge on any atom is -0.385 e. The smallest absolute Gasteiger partial charge is 0.222 e. The van der Waals surface area contributed by atoms with Gasteiger partial charge in [0.25, 0.3) is 0 Å². The van der Waals surface area contributed by atoms with Gasteiger partial charge in [0.15, 0.2) is 0 Å². The predicted molar refractivity (Wildman–Crippen MR) is 89.5 cm³/mol. The highest BCUT2D eigenvalue weighted by Gasteiger charge is 2.22. The van der Waals surface area contributed by atoms with E-state index in [1.54, 1.807) is 7.11 Å². The Morgan fingerprint density at radius 1 is 1.10 bits per heavy atom. The van der Waals surface area contributed by atoms with Gasteiger partial charge in [-0.25, -0.2) is 0 Å². The summed E-state index contributed by atoms with van der Waals surface area (Å²) < 4.78 is 5.04. The highest BCUT2D eigenvalue weighted by Crippen LogP contribution is 2.19. The van der Waals surface area contributed by atoms with Gasteiger partial charge >= 0.3 is 0 Å². The van der Waals surface area contributed by atoms with Crippen LogP contribution < -0.4 is 10.6 Å². The van der Waals surface area contributed by atoms with E-state index in [1.807, 2.05) is 27.7 Å². The molecule has 0 bridgehead atoms. The highest BCUT2D eigenvalue weighted by atomic mass is 16.5. The van der Waals surface area contributed by atoms with Crippen molar-refractivity contribution >= 4 is 5.91 Å². The van der Waals surface area contributed by atoms with Crippen LogP contribution in [0.25, 0.3) is 0 Å². The number of hydrogen-bond acceptors (Lipinski definition) is 3. The molecule has 1 saturated carbocycles. The number of rotatable bonds is 8. The van der Waals surface area contributed by atoms with Crippen LogP contribution in [0.15, 0.2) is 0 Å². The van der Waals surface area contributed by atoms with Crippen LogP contribution in [0.5, 0.6) is 0 Å². The third-order valence-corrected chi connectivity index (χ3v) is 3.81. The van der Waals surface area contributed by atoms with Gasteiger partial charge in [0, 0.05) is 31.7 Å². The first-order valence-electron chi connectivity index (χ1n) is 8.66. The van der Waals surface area contributed by atoms with Gasteiger partial charge in [-0.2, -0.15) is 0 Å². The molecule has 126 valence electrons. The van der Waals surface area contributed by atoms with Gasteiger partial charge in [-0.05, 0) is 45.1 Å². The Labute approximate surface area is 131 Å². The maximum Gasteiger partial charge on any atom is 0.222 e. The van der Waals surface area contributed by atoms with Crippen LogP contribution in [0.1, 0.15) is 66.2 Å². The maximum absolute atomic E-state index is 11.6. The van der Waals surface area contributed by atoms with Crippen molar-refractivity contribution in [2.75, 3.05) is 20.3 Å². The summed E-state index contributed by atoms with van der Waals surface area (Å²) in [7, 11) is 1.75. The Morgan fingerprint density at radius 3 is 2.19 bits per heavy atom. The van der Waals surface area contributed by atoms with Gasteiger partial charge in [0.1, 0.15) is 0 Å². The van der Waals surface area contributed by atoms with Crippen molar-refractivity contribution < 1.29 is 9.53 Å². The Balaban J connectivity index is 0.00000191. The van der Waals surface area contributed by atoms with Gasteiger partial charge in [-0.3, -0.25) is 4.79 Å². The summed E-state index contributed by atoms with van der Waals surface area (Å²) in [5.74, 6) is 0.285. The maximum atomic E-state index is 11.6. The first-order chi connectivity index (χ1) is 10.1. The molecule has 0 aromatic carbocycles. The Kier molecular flexibility index (Phi) is 12.7. The van der Waals surface area contributed by atoms with Gasteiger partial charge < -0.3 is 15.4 Å². The minimum atomic E-state index is 0.0941. The second kappa shape index (κ2) is 13.1. The zero-order valence-corrected chi connectivity index (χ0v) is 14.7. The fourth-order valence-corrected chi connectivity index (χ4v) is 2.49. The van der Waals surface area contributed by atoms with E-state index >= 15 is 0 Å². The minimum absolute atomic E-state index is 0.0941. The molecule has 0 aromatic heterocycles. The number of carbonyl (C=O) groups is 1. The zero-order chi connectivity index (χ0) is 16.1. The number of ether oxygens (including phenoxy) is 1. The summed E-state index contributed by atoms with van der Waals surface area (Å²) >= 11 is 0. The first-order valence-corrected chi connectivity index (χ1v) is 8.66. The van der Waals surface area contributed by atoms with E-state index in [1.165, 1.54) is 19.3 Å². The summed E-state index contributed by atoms with van der Waals surface area (Å²) in [6.45, 7) is 9.83. The number of hydrogen-bond donors (Lipinski definition) is 2. The first kappa shape index (κ1) is 20.4. The third kappa shape index (κ3) is 9.86. The Bertz CT molecular complexity index is 249. The van der Waals surface area contributed by atoms with Gasteiger partial charge in [0.2, 0.25) is 5.91 Å². The third-order valence-electron chi connectivity index (χ3n) is 3.81. The van der Waals surface area contributed by atoms with Crippen LogP contribution in [-0.2, 0) is 9.53 Å². The molecule has 1 rings (SSSR count). The van der Waals surface area contributed by atoms with Crippen molar-refractivity contribution in [2.24, 2.45) is 5.92 Å². The van der Waals surface area contributed by atoms with Crippen molar-refractivity contribution in [3.05, 3.63) is 0 Å². The lowest BCUT2D eigenvalue weighted by Gasteiger charge is -2.30. The molecule has 4 nitrogen and oxygen atoms in total. The molecule has 0 saturated heterocycles. The van der Waals surface area contributed by atoms with Crippen LogP contribution in [-0.4, -0.2) is 38.3 Å². The summed E-state index contributed by atoms with van der Waals surface area (Å²) in [6.07, 6.45) is 6.87. The molecule has 0 unspecified atom stereocenters. The SMILES string of the molecule is CC.COCCCCNC1CCC(NC(=O)C(C)C)CC1. The second-order valence-electron chi connectivity index (χ2n) is 5.87. The van der Waals surface area contributed by atoms with Crippen LogP contribution in [0.2, 0.25) is 0 Å². The molecule has 0 spiro atoms. The van der Waals surface area contributed by atoms with Gasteiger partial charge in [-0.1, -0.05) is 27.7 Å². The summed E-state index contributed by atoms with van der Waals surface area (Å²) in [4.78, 5) is 11.6. The Morgan fingerprint density at radius 2 is 1.67 bits per heavy atom.